The first-order chi connectivity index (χ1) is 21.6. The maximum absolute atomic E-state index is 14.5. The Morgan fingerprint density at radius 1 is 0.800 bits per heavy atom. The van der Waals surface area contributed by atoms with Crippen LogP contribution in [-0.4, -0.2) is 44.3 Å². The Bertz CT molecular complexity index is 1680. The van der Waals surface area contributed by atoms with Crippen molar-refractivity contribution in [3.63, 3.8) is 0 Å². The molecule has 0 aliphatic rings. The Morgan fingerprint density at radius 3 is 2.02 bits per heavy atom. The van der Waals surface area contributed by atoms with Crippen molar-refractivity contribution < 1.29 is 18.0 Å². The number of benzene rings is 4. The fraction of sp³-hybridized carbons (Fsp3) is 0.278. The molecule has 1 N–H and O–H groups in total. The quantitative estimate of drug-likeness (QED) is 0.155. The second kappa shape index (κ2) is 15.7. The topological polar surface area (TPSA) is 86.8 Å². The molecule has 236 valence electrons. The molecule has 0 aliphatic heterocycles. The zero-order chi connectivity index (χ0) is 32.4. The van der Waals surface area contributed by atoms with Gasteiger partial charge in [-0.05, 0) is 55.7 Å². The van der Waals surface area contributed by atoms with Gasteiger partial charge >= 0.3 is 0 Å². The lowest BCUT2D eigenvalue weighted by atomic mass is 10.0. The number of nitrogens with zero attached hydrogens (tertiary/aromatic N) is 2. The molecule has 0 fully saturated rings. The maximum Gasteiger partial charge on any atom is 0.264 e. The van der Waals surface area contributed by atoms with E-state index in [0.29, 0.717) is 6.54 Å². The smallest absolute Gasteiger partial charge is 0.264 e. The van der Waals surface area contributed by atoms with Crippen molar-refractivity contribution in [2.75, 3.05) is 17.4 Å². The average Bonchev–Trinajstić information content (AvgIpc) is 3.03. The molecular formula is C36H40ClN3O4S. The van der Waals surface area contributed by atoms with Crippen molar-refractivity contribution in [3.8, 4) is 0 Å². The number of hydrogen-bond acceptors (Lipinski definition) is 4. The number of carbonyl (C=O) groups excluding carboxylic acids is 2. The van der Waals surface area contributed by atoms with E-state index in [1.807, 2.05) is 75.4 Å². The number of para-hydroxylation sites is 1. The molecule has 0 aromatic heterocycles. The van der Waals surface area contributed by atoms with Crippen LogP contribution < -0.4 is 9.62 Å². The summed E-state index contributed by atoms with van der Waals surface area (Å²) in [4.78, 5) is 29.8. The Kier molecular flexibility index (Phi) is 11.8. The molecule has 0 unspecified atom stereocenters. The molecule has 0 saturated heterocycles. The first-order valence-corrected chi connectivity index (χ1v) is 16.9. The van der Waals surface area contributed by atoms with Crippen LogP contribution in [-0.2, 0) is 32.6 Å². The fourth-order valence-electron chi connectivity index (χ4n) is 4.96. The highest BCUT2D eigenvalue weighted by molar-refractivity contribution is 7.92. The standard InChI is InChI=1S/C36H40ClN3O4S/c1-4-5-23-38-36(42)34(24-29-11-7-6-8-12-29)39(25-30-19-15-27(2)16-20-30)35(41)26-40(33-14-10-9-13-32(33)37)45(43,44)31-21-17-28(3)18-22-31/h6-22,34H,4-5,23-26H2,1-3H3,(H,38,42)/t34-/m1/s1. The molecule has 0 spiro atoms. The lowest BCUT2D eigenvalue weighted by Crippen LogP contribution is -2.53. The minimum Gasteiger partial charge on any atom is -0.354 e. The summed E-state index contributed by atoms with van der Waals surface area (Å²) in [6, 6.07) is 29.3. The van der Waals surface area contributed by atoms with Crippen LogP contribution in [0.5, 0.6) is 0 Å². The van der Waals surface area contributed by atoms with E-state index in [0.717, 1.165) is 39.4 Å². The van der Waals surface area contributed by atoms with Crippen molar-refractivity contribution in [3.05, 3.63) is 130 Å². The van der Waals surface area contributed by atoms with Gasteiger partial charge in [-0.1, -0.05) is 115 Å². The van der Waals surface area contributed by atoms with Crippen LogP contribution in [0.1, 0.15) is 42.0 Å². The summed E-state index contributed by atoms with van der Waals surface area (Å²) >= 11 is 6.54. The van der Waals surface area contributed by atoms with Crippen molar-refractivity contribution >= 4 is 39.1 Å². The molecule has 4 aromatic carbocycles. The normalized spacial score (nSPS) is 11.9. The monoisotopic (exact) mass is 645 g/mol. The first-order valence-electron chi connectivity index (χ1n) is 15.1. The van der Waals surface area contributed by atoms with Gasteiger partial charge in [0.2, 0.25) is 11.8 Å². The van der Waals surface area contributed by atoms with Crippen LogP contribution in [0.15, 0.2) is 108 Å². The summed E-state index contributed by atoms with van der Waals surface area (Å²) in [5, 5.41) is 3.19. The third kappa shape index (κ3) is 8.96. The van der Waals surface area contributed by atoms with Crippen molar-refractivity contribution in [1.82, 2.24) is 10.2 Å². The van der Waals surface area contributed by atoms with Crippen LogP contribution in [0.25, 0.3) is 0 Å². The molecule has 0 bridgehead atoms. The minimum atomic E-state index is -4.22. The van der Waals surface area contributed by atoms with E-state index in [4.69, 9.17) is 11.6 Å². The van der Waals surface area contributed by atoms with E-state index in [-0.39, 0.29) is 34.5 Å². The molecular weight excluding hydrogens is 606 g/mol. The molecule has 4 aromatic rings. The van der Waals surface area contributed by atoms with Gasteiger partial charge in [-0.3, -0.25) is 13.9 Å². The number of aryl methyl sites for hydroxylation is 2. The van der Waals surface area contributed by atoms with E-state index in [1.54, 1.807) is 36.4 Å². The Balaban J connectivity index is 1.79. The molecule has 7 nitrogen and oxygen atoms in total. The number of unbranched alkanes of at least 4 members (excludes halogenated alkanes) is 1. The molecule has 4 rings (SSSR count). The summed E-state index contributed by atoms with van der Waals surface area (Å²) in [5.74, 6) is -0.823. The molecule has 0 aliphatic carbocycles. The number of hydrogen-bond donors (Lipinski definition) is 1. The van der Waals surface area contributed by atoms with Crippen molar-refractivity contribution in [1.29, 1.82) is 0 Å². The van der Waals surface area contributed by atoms with Gasteiger partial charge < -0.3 is 10.2 Å². The van der Waals surface area contributed by atoms with E-state index < -0.39 is 28.5 Å². The zero-order valence-corrected chi connectivity index (χ0v) is 27.5. The highest BCUT2D eigenvalue weighted by Gasteiger charge is 2.35. The predicted molar refractivity (Wildman–Crippen MR) is 181 cm³/mol. The lowest BCUT2D eigenvalue weighted by molar-refractivity contribution is -0.140. The molecule has 9 heteroatoms. The lowest BCUT2D eigenvalue weighted by Gasteiger charge is -2.34. The van der Waals surface area contributed by atoms with E-state index in [9.17, 15) is 18.0 Å². The van der Waals surface area contributed by atoms with Gasteiger partial charge in [0.1, 0.15) is 12.6 Å². The van der Waals surface area contributed by atoms with Crippen LogP contribution >= 0.6 is 11.6 Å². The summed E-state index contributed by atoms with van der Waals surface area (Å²) in [6.45, 7) is 5.91. The number of carbonyl (C=O) groups is 2. The summed E-state index contributed by atoms with van der Waals surface area (Å²) < 4.78 is 29.3. The van der Waals surface area contributed by atoms with E-state index >= 15 is 0 Å². The largest absolute Gasteiger partial charge is 0.354 e. The Labute approximate surface area is 271 Å². The number of rotatable bonds is 14. The maximum atomic E-state index is 14.5. The Morgan fingerprint density at radius 2 is 1.40 bits per heavy atom. The van der Waals surface area contributed by atoms with Crippen LogP contribution in [0.3, 0.4) is 0 Å². The average molecular weight is 646 g/mol. The number of amides is 2. The number of sulfonamides is 1. The number of halogens is 1. The molecule has 0 radical (unpaired) electrons. The number of nitrogens with one attached hydrogen (secondary N) is 1. The summed E-state index contributed by atoms with van der Waals surface area (Å²) in [7, 11) is -4.22. The molecule has 0 saturated carbocycles. The van der Waals surface area contributed by atoms with Crippen molar-refractivity contribution in [2.45, 2.75) is 57.5 Å². The van der Waals surface area contributed by atoms with Crippen LogP contribution in [0, 0.1) is 13.8 Å². The van der Waals surface area contributed by atoms with Gasteiger partial charge in [0.15, 0.2) is 0 Å². The first kappa shape index (κ1) is 33.7. The second-order valence-electron chi connectivity index (χ2n) is 11.1. The molecule has 0 heterocycles. The Hall–Kier alpha value is -4.14. The van der Waals surface area contributed by atoms with Gasteiger partial charge in [-0.15, -0.1) is 0 Å². The van der Waals surface area contributed by atoms with Crippen molar-refractivity contribution in [2.24, 2.45) is 0 Å². The molecule has 1 atom stereocenters. The fourth-order valence-corrected chi connectivity index (χ4v) is 6.68. The third-order valence-corrected chi connectivity index (χ3v) is 9.68. The van der Waals surface area contributed by atoms with Gasteiger partial charge in [0, 0.05) is 19.5 Å². The number of anilines is 1. The van der Waals surface area contributed by atoms with Gasteiger partial charge in [-0.2, -0.15) is 0 Å². The predicted octanol–water partition coefficient (Wildman–Crippen LogP) is 6.71. The third-order valence-electron chi connectivity index (χ3n) is 7.58. The summed E-state index contributed by atoms with van der Waals surface area (Å²) in [5.41, 5.74) is 3.83. The highest BCUT2D eigenvalue weighted by atomic mass is 35.5. The van der Waals surface area contributed by atoms with E-state index in [2.05, 4.69) is 5.32 Å². The van der Waals surface area contributed by atoms with Crippen LogP contribution in [0.2, 0.25) is 5.02 Å². The van der Waals surface area contributed by atoms with Gasteiger partial charge in [0.25, 0.3) is 10.0 Å². The molecule has 45 heavy (non-hydrogen) atoms. The minimum absolute atomic E-state index is 0.0315. The zero-order valence-electron chi connectivity index (χ0n) is 25.9. The van der Waals surface area contributed by atoms with Gasteiger partial charge in [-0.25, -0.2) is 8.42 Å². The highest BCUT2D eigenvalue weighted by Crippen LogP contribution is 2.31. The van der Waals surface area contributed by atoms with E-state index in [1.165, 1.54) is 17.0 Å². The molecule has 2 amide bonds. The van der Waals surface area contributed by atoms with Gasteiger partial charge in [0.05, 0.1) is 15.6 Å². The van der Waals surface area contributed by atoms with Crippen LogP contribution in [0.4, 0.5) is 5.69 Å². The second-order valence-corrected chi connectivity index (χ2v) is 13.4. The summed E-state index contributed by atoms with van der Waals surface area (Å²) in [6.07, 6.45) is 1.96. The SMILES string of the molecule is CCCCNC(=O)[C@@H](Cc1ccccc1)N(Cc1ccc(C)cc1)C(=O)CN(c1ccccc1Cl)S(=O)(=O)c1ccc(C)cc1.